The van der Waals surface area contributed by atoms with E-state index in [1.807, 2.05) is 12.1 Å². The molecule has 0 radical (unpaired) electrons. The van der Waals surface area contributed by atoms with Crippen LogP contribution in [0.15, 0.2) is 65.1 Å². The van der Waals surface area contributed by atoms with E-state index in [1.165, 1.54) is 34.8 Å². The molecule has 3 aromatic rings. The number of halogens is 4. The number of allylic oxidation sites excluding steroid dienone is 2. The number of thiophene rings is 2. The molecule has 0 aliphatic carbocycles. The second-order valence-electron chi connectivity index (χ2n) is 5.50. The van der Waals surface area contributed by atoms with Gasteiger partial charge in [-0.25, -0.2) is 0 Å². The van der Waals surface area contributed by atoms with Gasteiger partial charge in [0.2, 0.25) is 0 Å². The van der Waals surface area contributed by atoms with Gasteiger partial charge in [0, 0.05) is 29.8 Å². The van der Waals surface area contributed by atoms with Gasteiger partial charge in [-0.3, -0.25) is 9.59 Å². The van der Waals surface area contributed by atoms with Gasteiger partial charge in [-0.15, -0.1) is 22.7 Å². The summed E-state index contributed by atoms with van der Waals surface area (Å²) in [4.78, 5) is 26.6. The molecule has 0 aliphatic rings. The number of ketones is 2. The molecule has 1 aromatic carbocycles. The van der Waals surface area contributed by atoms with E-state index < -0.39 is 0 Å². The Kier molecular flexibility index (Phi) is 7.81. The first-order valence-corrected chi connectivity index (χ1v) is 12.6. The fourth-order valence-electron chi connectivity index (χ4n) is 2.23. The van der Waals surface area contributed by atoms with Crippen LogP contribution in [0, 0.1) is 0 Å². The largest absolute Gasteiger partial charge is 0.289 e. The van der Waals surface area contributed by atoms with Crippen LogP contribution in [-0.2, 0) is 0 Å². The van der Waals surface area contributed by atoms with Crippen LogP contribution in [0.4, 0.5) is 0 Å². The third kappa shape index (κ3) is 5.70. The van der Waals surface area contributed by atoms with Gasteiger partial charge in [0.25, 0.3) is 0 Å². The molecule has 2 nitrogen and oxygen atoms in total. The topological polar surface area (TPSA) is 34.1 Å². The van der Waals surface area contributed by atoms with Crippen LogP contribution in [0.2, 0.25) is 0 Å². The van der Waals surface area contributed by atoms with Crippen LogP contribution in [-0.4, -0.2) is 11.6 Å². The third-order valence-electron chi connectivity index (χ3n) is 3.59. The van der Waals surface area contributed by atoms with Gasteiger partial charge < -0.3 is 0 Å². The van der Waals surface area contributed by atoms with E-state index in [0.717, 1.165) is 26.3 Å². The Balaban J connectivity index is 1.68. The minimum absolute atomic E-state index is 0.113. The molecule has 8 heteroatoms. The molecule has 0 saturated heterocycles. The fraction of sp³-hybridized carbons (Fsp3) is 0. The maximum absolute atomic E-state index is 12.4. The highest BCUT2D eigenvalue weighted by Gasteiger charge is 2.08. The SMILES string of the molecule is O=C(/C=C/c1sc(Br)cc1Br)c1ccc(C(=O)/C=C/c2sc(Br)cc2Br)cc1. The molecule has 2 heterocycles. The summed E-state index contributed by atoms with van der Waals surface area (Å²) >= 11 is 16.8. The van der Waals surface area contributed by atoms with Gasteiger partial charge in [0.15, 0.2) is 11.6 Å². The molecule has 0 N–H and O–H groups in total. The predicted molar refractivity (Wildman–Crippen MR) is 133 cm³/mol. The molecule has 0 amide bonds. The molecular weight excluding hydrogens is 656 g/mol. The average Bonchev–Trinajstić information content (AvgIpc) is 3.17. The molecule has 0 unspecified atom stereocenters. The lowest BCUT2D eigenvalue weighted by Crippen LogP contribution is -1.98. The standard InChI is InChI=1S/C20H10Br4O2S2/c21-13-9-19(23)27-17(13)7-5-15(25)11-1-2-12(4-3-11)16(26)6-8-18-14(22)10-20(24)28-18/h1-10H/b7-5+,8-6+. The summed E-state index contributed by atoms with van der Waals surface area (Å²) in [5, 5.41) is 0. The molecule has 0 fully saturated rings. The molecule has 0 spiro atoms. The Bertz CT molecular complexity index is 1000. The van der Waals surface area contributed by atoms with Crippen molar-refractivity contribution < 1.29 is 9.59 Å². The van der Waals surface area contributed by atoms with Crippen molar-refractivity contribution >= 4 is 110 Å². The minimum atomic E-state index is -0.113. The summed E-state index contributed by atoms with van der Waals surface area (Å²) in [5.41, 5.74) is 1.07. The van der Waals surface area contributed by atoms with E-state index in [9.17, 15) is 9.59 Å². The summed E-state index contributed by atoms with van der Waals surface area (Å²) in [6.07, 6.45) is 6.62. The lowest BCUT2D eigenvalue weighted by molar-refractivity contribution is 0.103. The highest BCUT2D eigenvalue weighted by atomic mass is 79.9. The summed E-state index contributed by atoms with van der Waals surface area (Å²) in [7, 11) is 0. The third-order valence-corrected chi connectivity index (χ3v) is 8.64. The van der Waals surface area contributed by atoms with Crippen molar-refractivity contribution in [2.45, 2.75) is 0 Å². The van der Waals surface area contributed by atoms with E-state index in [2.05, 4.69) is 63.7 Å². The second-order valence-corrected chi connectivity index (χ2v) is 12.1. The maximum atomic E-state index is 12.4. The lowest BCUT2D eigenvalue weighted by Gasteiger charge is -1.99. The van der Waals surface area contributed by atoms with E-state index in [4.69, 9.17) is 0 Å². The normalized spacial score (nSPS) is 11.6. The molecule has 2 aromatic heterocycles. The Hall–Kier alpha value is -0.640. The van der Waals surface area contributed by atoms with Crippen LogP contribution >= 0.6 is 86.4 Å². The van der Waals surface area contributed by atoms with Crippen molar-refractivity contribution in [3.05, 3.63) is 85.9 Å². The number of carbonyl (C=O) groups excluding carboxylic acids is 2. The van der Waals surface area contributed by atoms with Crippen LogP contribution in [0.3, 0.4) is 0 Å². The van der Waals surface area contributed by atoms with Gasteiger partial charge in [0.1, 0.15) is 0 Å². The molecule has 28 heavy (non-hydrogen) atoms. The average molecular weight is 666 g/mol. The summed E-state index contributed by atoms with van der Waals surface area (Å²) in [5.74, 6) is -0.225. The zero-order valence-electron chi connectivity index (χ0n) is 13.9. The minimum Gasteiger partial charge on any atom is -0.289 e. The van der Waals surface area contributed by atoms with E-state index >= 15 is 0 Å². The van der Waals surface area contributed by atoms with Crippen molar-refractivity contribution in [2.24, 2.45) is 0 Å². The Morgan fingerprint density at radius 2 is 1.04 bits per heavy atom. The number of hydrogen-bond acceptors (Lipinski definition) is 4. The predicted octanol–water partition coefficient (Wildman–Crippen LogP) is 8.65. The highest BCUT2D eigenvalue weighted by Crippen LogP contribution is 2.33. The summed E-state index contributed by atoms with van der Waals surface area (Å²) < 4.78 is 3.85. The van der Waals surface area contributed by atoms with Gasteiger partial charge in [-0.2, -0.15) is 0 Å². The van der Waals surface area contributed by atoms with Gasteiger partial charge in [-0.1, -0.05) is 24.3 Å². The fourth-order valence-corrected chi connectivity index (χ4v) is 7.22. The molecule has 0 bridgehead atoms. The maximum Gasteiger partial charge on any atom is 0.185 e. The van der Waals surface area contributed by atoms with E-state index in [0.29, 0.717) is 11.1 Å². The molecule has 142 valence electrons. The number of hydrogen-bond donors (Lipinski definition) is 0. The summed E-state index contributed by atoms with van der Waals surface area (Å²) in [6, 6.07) is 10.6. The second kappa shape index (κ2) is 9.91. The van der Waals surface area contributed by atoms with Crippen molar-refractivity contribution in [2.75, 3.05) is 0 Å². The van der Waals surface area contributed by atoms with Crippen LogP contribution in [0.1, 0.15) is 30.5 Å². The highest BCUT2D eigenvalue weighted by molar-refractivity contribution is 9.12. The molecule has 0 atom stereocenters. The lowest BCUT2D eigenvalue weighted by atomic mass is 10.0. The number of benzene rings is 1. The van der Waals surface area contributed by atoms with E-state index in [-0.39, 0.29) is 11.6 Å². The quantitative estimate of drug-likeness (QED) is 0.195. The first-order valence-electron chi connectivity index (χ1n) is 7.78. The molecule has 0 saturated carbocycles. The number of rotatable bonds is 6. The van der Waals surface area contributed by atoms with Crippen LogP contribution < -0.4 is 0 Å². The monoisotopic (exact) mass is 662 g/mol. The first-order chi connectivity index (χ1) is 13.3. The van der Waals surface area contributed by atoms with E-state index in [1.54, 1.807) is 36.4 Å². The van der Waals surface area contributed by atoms with Crippen LogP contribution in [0.25, 0.3) is 12.2 Å². The summed E-state index contributed by atoms with van der Waals surface area (Å²) in [6.45, 7) is 0. The molecule has 0 aliphatic heterocycles. The Morgan fingerprint density at radius 3 is 1.32 bits per heavy atom. The van der Waals surface area contributed by atoms with Crippen molar-refractivity contribution in [3.63, 3.8) is 0 Å². The Labute approximate surface area is 203 Å². The van der Waals surface area contributed by atoms with Gasteiger partial charge in [-0.05, 0) is 100 Å². The molecule has 3 rings (SSSR count). The van der Waals surface area contributed by atoms with Crippen molar-refractivity contribution in [1.29, 1.82) is 0 Å². The zero-order chi connectivity index (χ0) is 20.3. The van der Waals surface area contributed by atoms with Gasteiger partial charge in [0.05, 0.1) is 7.57 Å². The smallest absolute Gasteiger partial charge is 0.185 e. The van der Waals surface area contributed by atoms with Crippen molar-refractivity contribution in [1.82, 2.24) is 0 Å². The Morgan fingerprint density at radius 1 is 0.679 bits per heavy atom. The van der Waals surface area contributed by atoms with Gasteiger partial charge >= 0.3 is 0 Å². The molecular formula is C20H10Br4O2S2. The van der Waals surface area contributed by atoms with Crippen molar-refractivity contribution in [3.8, 4) is 0 Å². The zero-order valence-corrected chi connectivity index (χ0v) is 21.9. The van der Waals surface area contributed by atoms with Crippen LogP contribution in [0.5, 0.6) is 0 Å². The number of carbonyl (C=O) groups is 2. The first kappa shape index (κ1) is 22.1.